The lowest BCUT2D eigenvalue weighted by molar-refractivity contribution is 1.18. The van der Waals surface area contributed by atoms with Gasteiger partial charge in [-0.05, 0) is 111 Å². The average Bonchev–Trinajstić information content (AvgIpc) is 4.08. The molecule has 2 heteroatoms. The maximum absolute atomic E-state index is 2.49. The Labute approximate surface area is 355 Å². The fourth-order valence-electron chi connectivity index (χ4n) is 9.89. The molecular formula is C59H40N2. The Kier molecular flexibility index (Phi) is 8.28. The molecule has 0 saturated carbocycles. The second-order valence-electron chi connectivity index (χ2n) is 16.0. The van der Waals surface area contributed by atoms with Crippen LogP contribution in [0.25, 0.3) is 105 Å². The molecule has 2 aromatic heterocycles. The van der Waals surface area contributed by atoms with E-state index in [-0.39, 0.29) is 0 Å². The van der Waals surface area contributed by atoms with Crippen molar-refractivity contribution in [3.8, 4) is 55.9 Å². The summed E-state index contributed by atoms with van der Waals surface area (Å²) in [6.07, 6.45) is 7.59. The van der Waals surface area contributed by atoms with Crippen molar-refractivity contribution in [2.75, 3.05) is 0 Å². The van der Waals surface area contributed by atoms with Gasteiger partial charge in [0.25, 0.3) is 0 Å². The van der Waals surface area contributed by atoms with Crippen molar-refractivity contribution in [2.45, 2.75) is 6.42 Å². The van der Waals surface area contributed by atoms with Gasteiger partial charge < -0.3 is 9.13 Å². The van der Waals surface area contributed by atoms with Gasteiger partial charge in [0.05, 0.1) is 22.1 Å². The molecule has 2 heterocycles. The second-order valence-corrected chi connectivity index (χ2v) is 16.0. The lowest BCUT2D eigenvalue weighted by Gasteiger charge is -2.20. The highest BCUT2D eigenvalue weighted by Crippen LogP contribution is 2.47. The first-order valence-electron chi connectivity index (χ1n) is 21.2. The normalized spacial score (nSPS) is 12.6. The molecule has 61 heavy (non-hydrogen) atoms. The highest BCUT2D eigenvalue weighted by Gasteiger charge is 2.23. The molecule has 1 aliphatic carbocycles. The third-order valence-corrected chi connectivity index (χ3v) is 12.6. The average molecular weight is 777 g/mol. The summed E-state index contributed by atoms with van der Waals surface area (Å²) in [5.41, 5.74) is 19.3. The monoisotopic (exact) mass is 776 g/mol. The minimum atomic E-state index is 0.977. The summed E-state index contributed by atoms with van der Waals surface area (Å²) >= 11 is 0. The van der Waals surface area contributed by atoms with Crippen LogP contribution in [-0.2, 0) is 0 Å². The first kappa shape index (κ1) is 35.0. The number of para-hydroxylation sites is 3. The van der Waals surface area contributed by atoms with Gasteiger partial charge >= 0.3 is 0 Å². The van der Waals surface area contributed by atoms with E-state index in [9.17, 15) is 0 Å². The quantitative estimate of drug-likeness (QED) is 0.153. The number of hydrogen-bond acceptors (Lipinski definition) is 0. The maximum Gasteiger partial charge on any atom is 0.0547 e. The summed E-state index contributed by atoms with van der Waals surface area (Å²) in [5.74, 6) is 0. The van der Waals surface area contributed by atoms with Crippen molar-refractivity contribution in [1.82, 2.24) is 9.13 Å². The summed E-state index contributed by atoms with van der Waals surface area (Å²) in [5, 5.41) is 4.99. The molecule has 0 atom stereocenters. The Morgan fingerprint density at radius 2 is 0.787 bits per heavy atom. The van der Waals surface area contributed by atoms with Crippen LogP contribution >= 0.6 is 0 Å². The van der Waals surface area contributed by atoms with Crippen LogP contribution in [0, 0.1) is 0 Å². The molecule has 0 unspecified atom stereocenters. The molecule has 0 saturated heterocycles. The van der Waals surface area contributed by atoms with Crippen molar-refractivity contribution >= 4 is 49.2 Å². The van der Waals surface area contributed by atoms with Crippen LogP contribution < -0.4 is 0 Å². The van der Waals surface area contributed by atoms with Gasteiger partial charge in [-0.15, -0.1) is 0 Å². The molecule has 12 rings (SSSR count). The smallest absolute Gasteiger partial charge is 0.0547 e. The summed E-state index contributed by atoms with van der Waals surface area (Å²) < 4.78 is 4.90. The largest absolute Gasteiger partial charge is 0.309 e. The first-order valence-corrected chi connectivity index (χ1v) is 21.2. The van der Waals surface area contributed by atoms with E-state index in [1.54, 1.807) is 0 Å². The fraction of sp³-hybridized carbons (Fsp3) is 0.0169. The summed E-state index contributed by atoms with van der Waals surface area (Å²) in [4.78, 5) is 0. The summed E-state index contributed by atoms with van der Waals surface area (Å²) in [7, 11) is 0. The molecule has 9 aromatic carbocycles. The SMILES string of the molecule is C1=CCC(c2ccc(-c3c(-c4ccccc4)cc(-n4c5ccccc5c5c(-c6cccc7c6c6ccccc6n7-c6ccccc6)cccc54)cc3-c3ccccc3)cc2)=C1. The van der Waals surface area contributed by atoms with E-state index in [1.165, 1.54) is 99.3 Å². The Morgan fingerprint density at radius 3 is 1.31 bits per heavy atom. The van der Waals surface area contributed by atoms with Gasteiger partial charge in [-0.3, -0.25) is 0 Å². The third kappa shape index (κ3) is 5.72. The number of benzene rings is 9. The van der Waals surface area contributed by atoms with E-state index in [2.05, 4.69) is 240 Å². The van der Waals surface area contributed by atoms with Gasteiger partial charge in [-0.25, -0.2) is 0 Å². The molecule has 0 amide bonds. The van der Waals surface area contributed by atoms with E-state index in [1.807, 2.05) is 0 Å². The molecule has 1 aliphatic rings. The molecule has 0 N–H and O–H groups in total. The van der Waals surface area contributed by atoms with Crippen LogP contribution in [0.3, 0.4) is 0 Å². The van der Waals surface area contributed by atoms with Crippen LogP contribution in [0.2, 0.25) is 0 Å². The van der Waals surface area contributed by atoms with Gasteiger partial charge in [0, 0.05) is 32.9 Å². The van der Waals surface area contributed by atoms with Crippen LogP contribution in [-0.4, -0.2) is 9.13 Å². The summed E-state index contributed by atoms with van der Waals surface area (Å²) in [6, 6.07) is 78.0. The van der Waals surface area contributed by atoms with Crippen LogP contribution in [0.5, 0.6) is 0 Å². The van der Waals surface area contributed by atoms with Crippen molar-refractivity contribution < 1.29 is 0 Å². The zero-order valence-electron chi connectivity index (χ0n) is 33.5. The molecule has 0 spiro atoms. The van der Waals surface area contributed by atoms with Crippen LogP contribution in [0.15, 0.2) is 231 Å². The standard InChI is InChI=1S/C59H40N2/c1-4-20-42(21-5-1)51-38-46(39-52(43-22-6-2-7-23-43)57(51)44-36-34-41(35-37-44)40-18-10-11-19-40)61-54-31-15-13-27-50(54)59-48(29-17-33-56(59)61)47-28-16-32-55-58(47)49-26-12-14-30-53(49)60(55)45-24-8-3-9-25-45/h1-18,20-39H,19H2. The molecule has 0 bridgehead atoms. The van der Waals surface area contributed by atoms with E-state index in [0.717, 1.165) is 17.8 Å². The fourth-order valence-corrected chi connectivity index (χ4v) is 9.89. The molecular weight excluding hydrogens is 737 g/mol. The Hall–Kier alpha value is -7.94. The zero-order chi connectivity index (χ0) is 40.3. The number of fused-ring (bicyclic) bond motifs is 6. The van der Waals surface area contributed by atoms with Crippen molar-refractivity contribution in [3.63, 3.8) is 0 Å². The second kappa shape index (κ2) is 14.4. The van der Waals surface area contributed by atoms with Crippen LogP contribution in [0.4, 0.5) is 0 Å². The third-order valence-electron chi connectivity index (χ3n) is 12.6. The minimum absolute atomic E-state index is 0.977. The Morgan fingerprint density at radius 1 is 0.328 bits per heavy atom. The van der Waals surface area contributed by atoms with E-state index >= 15 is 0 Å². The van der Waals surface area contributed by atoms with Crippen molar-refractivity contribution in [1.29, 1.82) is 0 Å². The van der Waals surface area contributed by atoms with Gasteiger partial charge in [0.2, 0.25) is 0 Å². The van der Waals surface area contributed by atoms with E-state index in [4.69, 9.17) is 0 Å². The Bertz CT molecular complexity index is 3450. The molecule has 286 valence electrons. The molecule has 0 radical (unpaired) electrons. The first-order chi connectivity index (χ1) is 30.3. The van der Waals surface area contributed by atoms with Gasteiger partial charge in [0.1, 0.15) is 0 Å². The Balaban J connectivity index is 1.14. The maximum atomic E-state index is 2.49. The topological polar surface area (TPSA) is 9.86 Å². The van der Waals surface area contributed by atoms with Gasteiger partial charge in [-0.2, -0.15) is 0 Å². The van der Waals surface area contributed by atoms with Gasteiger partial charge in [0.15, 0.2) is 0 Å². The van der Waals surface area contributed by atoms with Crippen LogP contribution in [0.1, 0.15) is 12.0 Å². The highest BCUT2D eigenvalue weighted by atomic mass is 15.0. The summed E-state index contributed by atoms with van der Waals surface area (Å²) in [6.45, 7) is 0. The van der Waals surface area contributed by atoms with E-state index < -0.39 is 0 Å². The highest BCUT2D eigenvalue weighted by molar-refractivity contribution is 6.22. The predicted molar refractivity (Wildman–Crippen MR) is 259 cm³/mol. The minimum Gasteiger partial charge on any atom is -0.309 e. The number of aromatic nitrogens is 2. The molecule has 11 aromatic rings. The number of allylic oxidation sites excluding steroid dienone is 4. The van der Waals surface area contributed by atoms with Gasteiger partial charge in [-0.1, -0.05) is 182 Å². The number of nitrogens with zero attached hydrogens (tertiary/aromatic N) is 2. The number of hydrogen-bond donors (Lipinski definition) is 0. The van der Waals surface area contributed by atoms with E-state index in [0.29, 0.717) is 0 Å². The van der Waals surface area contributed by atoms with Crippen molar-refractivity contribution in [2.24, 2.45) is 0 Å². The zero-order valence-corrected chi connectivity index (χ0v) is 33.5. The lowest BCUT2D eigenvalue weighted by atomic mass is 9.86. The number of rotatable bonds is 7. The molecule has 0 aliphatic heterocycles. The lowest BCUT2D eigenvalue weighted by Crippen LogP contribution is -1.99. The molecule has 0 fully saturated rings. The van der Waals surface area contributed by atoms with Crippen molar-refractivity contribution in [3.05, 3.63) is 236 Å². The predicted octanol–water partition coefficient (Wildman–Crippen LogP) is 15.9. The molecule has 2 nitrogen and oxygen atoms in total.